The van der Waals surface area contributed by atoms with E-state index in [2.05, 4.69) is 25.2 Å². The van der Waals surface area contributed by atoms with Crippen LogP contribution in [0.15, 0.2) is 0 Å². The predicted molar refractivity (Wildman–Crippen MR) is 54.2 cm³/mol. The minimum Gasteiger partial charge on any atom is -0.315 e. The molecular formula is C11H20N2. The molecule has 74 valence electrons. The molecule has 1 N–H and O–H groups in total. The SMILES string of the molecule is CCC(CC)C1(C#N)CCCNC1. The lowest BCUT2D eigenvalue weighted by molar-refractivity contribution is 0.171. The number of hydrogen-bond acceptors (Lipinski definition) is 2. The van der Waals surface area contributed by atoms with E-state index >= 15 is 0 Å². The van der Waals surface area contributed by atoms with Crippen molar-refractivity contribution in [2.24, 2.45) is 11.3 Å². The molecule has 0 aromatic rings. The quantitative estimate of drug-likeness (QED) is 0.723. The Bertz CT molecular complexity index is 183. The smallest absolute Gasteiger partial charge is 0.0726 e. The van der Waals surface area contributed by atoms with Crippen LogP contribution in [0.2, 0.25) is 0 Å². The molecule has 13 heavy (non-hydrogen) atoms. The molecule has 0 amide bonds. The van der Waals surface area contributed by atoms with Crippen molar-refractivity contribution in [3.63, 3.8) is 0 Å². The minimum atomic E-state index is -0.0677. The number of nitrogens with zero attached hydrogens (tertiary/aromatic N) is 1. The normalized spacial score (nSPS) is 28.8. The summed E-state index contributed by atoms with van der Waals surface area (Å²) in [5.41, 5.74) is -0.0677. The van der Waals surface area contributed by atoms with Gasteiger partial charge < -0.3 is 5.32 Å². The average molecular weight is 180 g/mol. The van der Waals surface area contributed by atoms with Gasteiger partial charge in [0.15, 0.2) is 0 Å². The molecule has 0 spiro atoms. The lowest BCUT2D eigenvalue weighted by Crippen LogP contribution is -2.43. The summed E-state index contributed by atoms with van der Waals surface area (Å²) in [5, 5.41) is 12.6. The van der Waals surface area contributed by atoms with Crippen LogP contribution in [-0.2, 0) is 0 Å². The van der Waals surface area contributed by atoms with Crippen LogP contribution < -0.4 is 5.32 Å². The molecule has 1 aliphatic heterocycles. The van der Waals surface area contributed by atoms with Gasteiger partial charge in [0.2, 0.25) is 0 Å². The highest BCUT2D eigenvalue weighted by Gasteiger charge is 2.38. The van der Waals surface area contributed by atoms with Crippen LogP contribution in [0.5, 0.6) is 0 Å². The molecule has 0 aliphatic carbocycles. The van der Waals surface area contributed by atoms with Crippen LogP contribution >= 0.6 is 0 Å². The lowest BCUT2D eigenvalue weighted by Gasteiger charge is -2.37. The number of nitrogens with one attached hydrogen (secondary N) is 1. The fourth-order valence-electron chi connectivity index (χ4n) is 2.53. The molecule has 1 saturated heterocycles. The molecule has 2 heteroatoms. The van der Waals surface area contributed by atoms with Crippen molar-refractivity contribution in [3.05, 3.63) is 0 Å². The molecule has 1 atom stereocenters. The zero-order valence-corrected chi connectivity index (χ0v) is 8.77. The van der Waals surface area contributed by atoms with Gasteiger partial charge in [-0.2, -0.15) is 5.26 Å². The van der Waals surface area contributed by atoms with E-state index in [0.29, 0.717) is 5.92 Å². The summed E-state index contributed by atoms with van der Waals surface area (Å²) in [6.45, 7) is 6.38. The van der Waals surface area contributed by atoms with Crippen molar-refractivity contribution >= 4 is 0 Å². The van der Waals surface area contributed by atoms with Crippen LogP contribution in [0.3, 0.4) is 0 Å². The summed E-state index contributed by atoms with van der Waals surface area (Å²) in [5.74, 6) is 0.574. The minimum absolute atomic E-state index is 0.0677. The predicted octanol–water partition coefficient (Wildman–Crippen LogP) is 2.32. The first-order valence-electron chi connectivity index (χ1n) is 5.41. The van der Waals surface area contributed by atoms with E-state index in [1.54, 1.807) is 0 Å². The maximum absolute atomic E-state index is 9.28. The standard InChI is InChI=1S/C11H20N2/c1-3-10(4-2)11(8-12)6-5-7-13-9-11/h10,13H,3-7,9H2,1-2H3. The first-order valence-corrected chi connectivity index (χ1v) is 5.41. The van der Waals surface area contributed by atoms with Crippen molar-refractivity contribution in [3.8, 4) is 6.07 Å². The average Bonchev–Trinajstić information content (AvgIpc) is 2.21. The Morgan fingerprint density at radius 3 is 2.54 bits per heavy atom. The molecule has 1 heterocycles. The monoisotopic (exact) mass is 180 g/mol. The Morgan fingerprint density at radius 1 is 1.46 bits per heavy atom. The second-order valence-corrected chi connectivity index (χ2v) is 4.06. The van der Waals surface area contributed by atoms with Gasteiger partial charge in [0.05, 0.1) is 11.5 Å². The molecule has 1 aliphatic rings. The van der Waals surface area contributed by atoms with Crippen LogP contribution in [0, 0.1) is 22.7 Å². The van der Waals surface area contributed by atoms with Gasteiger partial charge in [-0.3, -0.25) is 0 Å². The van der Waals surface area contributed by atoms with Crippen LogP contribution in [0.25, 0.3) is 0 Å². The van der Waals surface area contributed by atoms with E-state index in [-0.39, 0.29) is 5.41 Å². The highest BCUT2D eigenvalue weighted by Crippen LogP contribution is 2.37. The Hall–Kier alpha value is -0.550. The van der Waals surface area contributed by atoms with E-state index in [1.165, 1.54) is 0 Å². The van der Waals surface area contributed by atoms with Crippen molar-refractivity contribution in [1.82, 2.24) is 5.32 Å². The lowest BCUT2D eigenvalue weighted by atomic mass is 9.69. The van der Waals surface area contributed by atoms with Gasteiger partial charge in [0.25, 0.3) is 0 Å². The van der Waals surface area contributed by atoms with E-state index in [4.69, 9.17) is 0 Å². The molecule has 0 saturated carbocycles. The summed E-state index contributed by atoms with van der Waals surface area (Å²) in [7, 11) is 0. The molecule has 0 radical (unpaired) electrons. The zero-order chi connectivity index (χ0) is 9.73. The summed E-state index contributed by atoms with van der Waals surface area (Å²) in [6.07, 6.45) is 4.50. The fraction of sp³-hybridized carbons (Fsp3) is 0.909. The largest absolute Gasteiger partial charge is 0.315 e. The molecule has 0 bridgehead atoms. The third-order valence-electron chi connectivity index (χ3n) is 3.41. The third-order valence-corrected chi connectivity index (χ3v) is 3.41. The van der Waals surface area contributed by atoms with E-state index in [0.717, 1.165) is 38.8 Å². The summed E-state index contributed by atoms with van der Waals surface area (Å²) in [4.78, 5) is 0. The van der Waals surface area contributed by atoms with Crippen molar-refractivity contribution in [2.45, 2.75) is 39.5 Å². The second kappa shape index (κ2) is 4.62. The molecule has 0 aromatic heterocycles. The van der Waals surface area contributed by atoms with Crippen molar-refractivity contribution < 1.29 is 0 Å². The maximum atomic E-state index is 9.28. The Morgan fingerprint density at radius 2 is 2.15 bits per heavy atom. The molecule has 1 rings (SSSR count). The van der Waals surface area contributed by atoms with E-state index in [1.807, 2.05) is 0 Å². The van der Waals surface area contributed by atoms with Gasteiger partial charge in [-0.1, -0.05) is 26.7 Å². The van der Waals surface area contributed by atoms with E-state index in [9.17, 15) is 5.26 Å². The van der Waals surface area contributed by atoms with E-state index < -0.39 is 0 Å². The van der Waals surface area contributed by atoms with Crippen LogP contribution in [-0.4, -0.2) is 13.1 Å². The molecule has 0 aromatic carbocycles. The van der Waals surface area contributed by atoms with Gasteiger partial charge in [0, 0.05) is 6.54 Å². The van der Waals surface area contributed by atoms with Gasteiger partial charge >= 0.3 is 0 Å². The van der Waals surface area contributed by atoms with Crippen molar-refractivity contribution in [2.75, 3.05) is 13.1 Å². The fourth-order valence-corrected chi connectivity index (χ4v) is 2.53. The van der Waals surface area contributed by atoms with Gasteiger partial charge in [-0.25, -0.2) is 0 Å². The number of piperidine rings is 1. The molecule has 1 unspecified atom stereocenters. The highest BCUT2D eigenvalue weighted by molar-refractivity contribution is 5.05. The maximum Gasteiger partial charge on any atom is 0.0726 e. The number of nitriles is 1. The first kappa shape index (κ1) is 10.5. The molecular weight excluding hydrogens is 160 g/mol. The van der Waals surface area contributed by atoms with Gasteiger partial charge in [0.1, 0.15) is 0 Å². The highest BCUT2D eigenvalue weighted by atomic mass is 14.9. The second-order valence-electron chi connectivity index (χ2n) is 4.06. The topological polar surface area (TPSA) is 35.8 Å². The van der Waals surface area contributed by atoms with Crippen LogP contribution in [0.1, 0.15) is 39.5 Å². The summed E-state index contributed by atoms with van der Waals surface area (Å²) in [6, 6.07) is 2.56. The van der Waals surface area contributed by atoms with Crippen LogP contribution in [0.4, 0.5) is 0 Å². The zero-order valence-electron chi connectivity index (χ0n) is 8.77. The Balaban J connectivity index is 2.72. The summed E-state index contributed by atoms with van der Waals surface area (Å²) >= 11 is 0. The number of rotatable bonds is 3. The number of hydrogen-bond donors (Lipinski definition) is 1. The molecule has 1 fully saturated rings. The van der Waals surface area contributed by atoms with Gasteiger partial charge in [-0.15, -0.1) is 0 Å². The summed E-state index contributed by atoms with van der Waals surface area (Å²) < 4.78 is 0. The molecule has 2 nitrogen and oxygen atoms in total. The Kier molecular flexibility index (Phi) is 3.74. The Labute approximate surface area is 81.3 Å². The van der Waals surface area contributed by atoms with Gasteiger partial charge in [-0.05, 0) is 25.3 Å². The first-order chi connectivity index (χ1) is 6.29. The third kappa shape index (κ3) is 2.03. The van der Waals surface area contributed by atoms with Crippen molar-refractivity contribution in [1.29, 1.82) is 5.26 Å².